The lowest BCUT2D eigenvalue weighted by Crippen LogP contribution is -2.18. The Balaban J connectivity index is 2.11. The molecule has 5 nitrogen and oxygen atoms in total. The van der Waals surface area contributed by atoms with Crippen molar-refractivity contribution in [2.45, 2.75) is 13.0 Å². The lowest BCUT2D eigenvalue weighted by atomic mass is 9.99. The fourth-order valence-corrected chi connectivity index (χ4v) is 2.65. The number of ether oxygens (including phenoxy) is 1. The van der Waals surface area contributed by atoms with Gasteiger partial charge in [0.05, 0.1) is 23.3 Å². The number of aromatic nitrogens is 1. The summed E-state index contributed by atoms with van der Waals surface area (Å²) in [6.45, 7) is -0.225. The van der Waals surface area contributed by atoms with Crippen LogP contribution in [0.25, 0.3) is 22.0 Å². The molecular weight excluding hydrogens is 366 g/mol. The molecule has 0 bridgehead atoms. The standard InChI is InChI=1S/C18H13F4N3O2/c19-11-5-12-14(10(6-25-12)17(23)27-18(24)16(21)22)15(20)13(11)9-3-1-8(7-26)2-4-9/h1-6,16,23-26H,7H2. The molecule has 140 valence electrons. The van der Waals surface area contributed by atoms with Crippen molar-refractivity contribution in [3.05, 3.63) is 59.3 Å². The largest absolute Gasteiger partial charge is 0.419 e. The second kappa shape index (κ2) is 7.20. The number of benzene rings is 2. The highest BCUT2D eigenvalue weighted by molar-refractivity contribution is 6.10. The molecule has 0 fully saturated rings. The predicted octanol–water partition coefficient (Wildman–Crippen LogP) is 4.19. The topological polar surface area (TPSA) is 93.0 Å². The number of hydrogen-bond donors (Lipinski definition) is 4. The lowest BCUT2D eigenvalue weighted by Gasteiger charge is -2.10. The lowest BCUT2D eigenvalue weighted by molar-refractivity contribution is 0.197. The smallest absolute Gasteiger partial charge is 0.312 e. The van der Waals surface area contributed by atoms with Crippen molar-refractivity contribution in [3.8, 4) is 11.1 Å². The molecule has 3 aromatic rings. The van der Waals surface area contributed by atoms with Crippen LogP contribution in [0.3, 0.4) is 0 Å². The molecule has 3 rings (SSSR count). The van der Waals surface area contributed by atoms with E-state index in [4.69, 9.17) is 15.9 Å². The van der Waals surface area contributed by atoms with Crippen LogP contribution in [0.5, 0.6) is 0 Å². The molecule has 0 spiro atoms. The summed E-state index contributed by atoms with van der Waals surface area (Å²) in [6, 6.07) is 6.89. The minimum Gasteiger partial charge on any atom is -0.419 e. The van der Waals surface area contributed by atoms with E-state index >= 15 is 4.39 Å². The van der Waals surface area contributed by atoms with Crippen molar-refractivity contribution in [3.63, 3.8) is 0 Å². The van der Waals surface area contributed by atoms with Gasteiger partial charge in [-0.25, -0.2) is 8.78 Å². The van der Waals surface area contributed by atoms with Gasteiger partial charge in [0.15, 0.2) is 0 Å². The number of nitrogens with one attached hydrogen (secondary N) is 3. The molecule has 27 heavy (non-hydrogen) atoms. The molecule has 0 amide bonds. The van der Waals surface area contributed by atoms with E-state index in [9.17, 15) is 13.2 Å². The number of aliphatic hydroxyl groups excluding tert-OH is 1. The Morgan fingerprint density at radius 2 is 1.81 bits per heavy atom. The van der Waals surface area contributed by atoms with Crippen molar-refractivity contribution >= 4 is 22.7 Å². The van der Waals surface area contributed by atoms with Gasteiger partial charge in [0.2, 0.25) is 5.90 Å². The number of halogens is 4. The first-order valence-corrected chi connectivity index (χ1v) is 7.66. The van der Waals surface area contributed by atoms with Gasteiger partial charge in [-0.05, 0) is 17.2 Å². The quantitative estimate of drug-likeness (QED) is 0.311. The first-order valence-electron chi connectivity index (χ1n) is 7.66. The molecule has 0 radical (unpaired) electrons. The number of fused-ring (bicyclic) bond motifs is 1. The first kappa shape index (κ1) is 18.6. The molecule has 2 aromatic carbocycles. The zero-order valence-electron chi connectivity index (χ0n) is 13.6. The van der Waals surface area contributed by atoms with E-state index in [1.165, 1.54) is 24.3 Å². The van der Waals surface area contributed by atoms with Crippen molar-refractivity contribution in [2.75, 3.05) is 0 Å². The SMILES string of the molecule is N=C(OC(=N)C(F)F)c1c[nH]c2cc(F)c(-c3ccc(CO)cc3)c(F)c12. The average molecular weight is 379 g/mol. The minimum atomic E-state index is -3.22. The van der Waals surface area contributed by atoms with Crippen molar-refractivity contribution in [1.82, 2.24) is 4.98 Å². The van der Waals surface area contributed by atoms with E-state index in [-0.39, 0.29) is 34.2 Å². The summed E-state index contributed by atoms with van der Waals surface area (Å²) in [4.78, 5) is 2.56. The van der Waals surface area contributed by atoms with Gasteiger partial charge in [0.1, 0.15) is 11.6 Å². The summed E-state index contributed by atoms with van der Waals surface area (Å²) in [7, 11) is 0. The summed E-state index contributed by atoms with van der Waals surface area (Å²) in [6.07, 6.45) is -2.11. The minimum absolute atomic E-state index is 0.00709. The molecule has 0 atom stereocenters. The van der Waals surface area contributed by atoms with Gasteiger partial charge in [-0.3, -0.25) is 10.8 Å². The number of aliphatic hydroxyl groups is 1. The van der Waals surface area contributed by atoms with E-state index in [1.54, 1.807) is 0 Å². The second-order valence-electron chi connectivity index (χ2n) is 5.62. The van der Waals surface area contributed by atoms with Crippen LogP contribution in [0.4, 0.5) is 17.6 Å². The van der Waals surface area contributed by atoms with Crippen LogP contribution in [0, 0.1) is 22.5 Å². The van der Waals surface area contributed by atoms with E-state index in [0.29, 0.717) is 5.56 Å². The molecule has 4 N–H and O–H groups in total. The highest BCUT2D eigenvalue weighted by Crippen LogP contribution is 2.34. The van der Waals surface area contributed by atoms with E-state index in [0.717, 1.165) is 12.3 Å². The van der Waals surface area contributed by atoms with Gasteiger partial charge in [0, 0.05) is 11.6 Å². The molecular formula is C18H13F4N3O2. The van der Waals surface area contributed by atoms with Crippen molar-refractivity contribution in [1.29, 1.82) is 10.8 Å². The Hall–Kier alpha value is -3.20. The third-order valence-corrected chi connectivity index (χ3v) is 3.94. The Morgan fingerprint density at radius 3 is 2.41 bits per heavy atom. The number of rotatable bonds is 4. The Kier molecular flexibility index (Phi) is 4.95. The Morgan fingerprint density at radius 1 is 1.15 bits per heavy atom. The summed E-state index contributed by atoms with van der Waals surface area (Å²) >= 11 is 0. The van der Waals surface area contributed by atoms with E-state index < -0.39 is 29.9 Å². The zero-order chi connectivity index (χ0) is 19.7. The maximum absolute atomic E-state index is 15.1. The fourth-order valence-electron chi connectivity index (χ4n) is 2.65. The van der Waals surface area contributed by atoms with E-state index in [2.05, 4.69) is 9.72 Å². The van der Waals surface area contributed by atoms with Crippen LogP contribution in [0.2, 0.25) is 0 Å². The van der Waals surface area contributed by atoms with Gasteiger partial charge in [0.25, 0.3) is 5.90 Å². The van der Waals surface area contributed by atoms with Gasteiger partial charge < -0.3 is 14.8 Å². The molecule has 1 aromatic heterocycles. The molecule has 0 saturated heterocycles. The number of aromatic amines is 1. The maximum atomic E-state index is 15.1. The normalized spacial score (nSPS) is 11.2. The highest BCUT2D eigenvalue weighted by atomic mass is 19.3. The third-order valence-electron chi connectivity index (χ3n) is 3.94. The molecule has 0 aliphatic rings. The van der Waals surface area contributed by atoms with Gasteiger partial charge >= 0.3 is 6.43 Å². The highest BCUT2D eigenvalue weighted by Gasteiger charge is 2.23. The molecule has 1 heterocycles. The number of hydrogen-bond acceptors (Lipinski definition) is 4. The van der Waals surface area contributed by atoms with Crippen LogP contribution in [-0.4, -0.2) is 28.3 Å². The molecule has 0 aliphatic heterocycles. The summed E-state index contributed by atoms with van der Waals surface area (Å²) in [5.74, 6) is -4.18. The molecule has 9 heteroatoms. The van der Waals surface area contributed by atoms with Crippen LogP contribution >= 0.6 is 0 Å². The maximum Gasteiger partial charge on any atom is 0.312 e. The van der Waals surface area contributed by atoms with Crippen LogP contribution in [0.15, 0.2) is 36.5 Å². The van der Waals surface area contributed by atoms with Crippen LogP contribution in [0.1, 0.15) is 11.1 Å². The molecule has 0 saturated carbocycles. The van der Waals surface area contributed by atoms with Crippen LogP contribution in [-0.2, 0) is 11.3 Å². The van der Waals surface area contributed by atoms with E-state index in [1.807, 2.05) is 0 Å². The monoisotopic (exact) mass is 379 g/mol. The second-order valence-corrected chi connectivity index (χ2v) is 5.62. The molecule has 0 aliphatic carbocycles. The summed E-state index contributed by atoms with van der Waals surface area (Å²) in [5.41, 5.74) is 0.172. The van der Waals surface area contributed by atoms with Crippen LogP contribution < -0.4 is 0 Å². The Labute approximate surface area is 150 Å². The van der Waals surface area contributed by atoms with Crippen molar-refractivity contribution in [2.24, 2.45) is 0 Å². The van der Waals surface area contributed by atoms with Gasteiger partial charge in [-0.15, -0.1) is 0 Å². The number of alkyl halides is 2. The molecule has 0 unspecified atom stereocenters. The Bertz CT molecular complexity index is 1030. The fraction of sp³-hybridized carbons (Fsp3) is 0.111. The first-order chi connectivity index (χ1) is 12.8. The van der Waals surface area contributed by atoms with Gasteiger partial charge in [-0.1, -0.05) is 24.3 Å². The number of H-pyrrole nitrogens is 1. The predicted molar refractivity (Wildman–Crippen MR) is 91.2 cm³/mol. The third kappa shape index (κ3) is 3.41. The van der Waals surface area contributed by atoms with Crippen molar-refractivity contribution < 1.29 is 27.4 Å². The average Bonchev–Trinajstić information content (AvgIpc) is 3.06. The van der Waals surface area contributed by atoms with Gasteiger partial charge in [-0.2, -0.15) is 8.78 Å². The summed E-state index contributed by atoms with van der Waals surface area (Å²) < 4.78 is 58.8. The zero-order valence-corrected chi connectivity index (χ0v) is 13.6. The summed E-state index contributed by atoms with van der Waals surface area (Å²) in [5, 5.41) is 23.6.